The van der Waals surface area contributed by atoms with Crippen LogP contribution in [0.1, 0.15) is 16.1 Å². The third-order valence-corrected chi connectivity index (χ3v) is 4.98. The summed E-state index contributed by atoms with van der Waals surface area (Å²) in [5.74, 6) is -1.52. The lowest BCUT2D eigenvalue weighted by molar-refractivity contribution is -0.119. The molecule has 3 N–H and O–H groups in total. The Morgan fingerprint density at radius 2 is 1.68 bits per heavy atom. The van der Waals surface area contributed by atoms with Crippen molar-refractivity contribution in [2.75, 3.05) is 11.9 Å². The van der Waals surface area contributed by atoms with Crippen molar-refractivity contribution in [2.24, 2.45) is 5.14 Å². The number of ether oxygens (including phenoxy) is 1. The van der Waals surface area contributed by atoms with Gasteiger partial charge in [0.1, 0.15) is 0 Å². The van der Waals surface area contributed by atoms with E-state index in [2.05, 4.69) is 10.4 Å². The van der Waals surface area contributed by atoms with E-state index in [9.17, 15) is 22.8 Å². The molecule has 0 aliphatic rings. The maximum Gasteiger partial charge on any atom is 0.359 e. The molecule has 0 fully saturated rings. The van der Waals surface area contributed by atoms with E-state index < -0.39 is 28.5 Å². The second kappa shape index (κ2) is 9.32. The Balaban J connectivity index is 1.59. The van der Waals surface area contributed by atoms with E-state index in [-0.39, 0.29) is 22.7 Å². The number of nitrogens with zero attached hydrogens (tertiary/aromatic N) is 2. The Morgan fingerprint density at radius 3 is 2.32 bits per heavy atom. The van der Waals surface area contributed by atoms with Gasteiger partial charge in [0, 0.05) is 11.8 Å². The highest BCUT2D eigenvalue weighted by atomic mass is 32.2. The normalized spacial score (nSPS) is 11.0. The van der Waals surface area contributed by atoms with E-state index in [0.29, 0.717) is 5.69 Å². The van der Waals surface area contributed by atoms with Crippen LogP contribution in [0.2, 0.25) is 0 Å². The summed E-state index contributed by atoms with van der Waals surface area (Å²) in [5, 5.41) is 11.5. The summed E-state index contributed by atoms with van der Waals surface area (Å²) in [6, 6.07) is 16.7. The van der Waals surface area contributed by atoms with Crippen LogP contribution < -0.4 is 16.0 Å². The van der Waals surface area contributed by atoms with Crippen molar-refractivity contribution in [3.63, 3.8) is 0 Å². The van der Waals surface area contributed by atoms with Gasteiger partial charge in [-0.05, 0) is 35.9 Å². The molecule has 0 saturated carbocycles. The lowest BCUT2D eigenvalue weighted by atomic mass is 10.2. The summed E-state index contributed by atoms with van der Waals surface area (Å²) in [6.45, 7) is -0.426. The first-order valence-corrected chi connectivity index (χ1v) is 10.5. The number of benzene rings is 2. The van der Waals surface area contributed by atoms with Crippen LogP contribution in [0.4, 0.5) is 5.69 Å². The van der Waals surface area contributed by atoms with Crippen LogP contribution in [0.15, 0.2) is 76.4 Å². The van der Waals surface area contributed by atoms with Crippen LogP contribution in [0.5, 0.6) is 0 Å². The average Bonchev–Trinajstić information content (AvgIpc) is 2.74. The van der Waals surface area contributed by atoms with Gasteiger partial charge in [-0.2, -0.15) is 5.10 Å². The highest BCUT2D eigenvalue weighted by Crippen LogP contribution is 2.12. The summed E-state index contributed by atoms with van der Waals surface area (Å²) in [7, 11) is -3.84. The molecule has 160 valence electrons. The van der Waals surface area contributed by atoms with E-state index in [1.54, 1.807) is 0 Å². The number of carbonyl (C=O) groups is 2. The minimum absolute atomic E-state index is 0.103. The number of esters is 1. The van der Waals surface area contributed by atoms with E-state index >= 15 is 0 Å². The summed E-state index contributed by atoms with van der Waals surface area (Å²) >= 11 is 0. The lowest BCUT2D eigenvalue weighted by Gasteiger charge is -2.08. The Kier molecular flexibility index (Phi) is 6.58. The third-order valence-electron chi connectivity index (χ3n) is 4.05. The topological polar surface area (TPSA) is 150 Å². The molecule has 0 aliphatic carbocycles. The molecule has 2 aromatic carbocycles. The number of anilines is 1. The quantitative estimate of drug-likeness (QED) is 0.512. The predicted molar refractivity (Wildman–Crippen MR) is 111 cm³/mol. The van der Waals surface area contributed by atoms with Gasteiger partial charge >= 0.3 is 5.97 Å². The number of nitrogens with two attached hydrogens (primary N) is 1. The zero-order valence-electron chi connectivity index (χ0n) is 16.1. The monoisotopic (exact) mass is 442 g/mol. The first-order valence-electron chi connectivity index (χ1n) is 8.94. The summed E-state index contributed by atoms with van der Waals surface area (Å²) in [6.07, 6.45) is 0. The number of hydrogen-bond donors (Lipinski definition) is 2. The van der Waals surface area contributed by atoms with E-state index in [0.717, 1.165) is 10.2 Å². The van der Waals surface area contributed by atoms with Crippen LogP contribution in [0.25, 0.3) is 0 Å². The van der Waals surface area contributed by atoms with Crippen LogP contribution in [0, 0.1) is 0 Å². The Hall–Kier alpha value is -3.83. The highest BCUT2D eigenvalue weighted by molar-refractivity contribution is 7.89. The van der Waals surface area contributed by atoms with Gasteiger partial charge in [-0.15, -0.1) is 0 Å². The first-order chi connectivity index (χ1) is 14.7. The Morgan fingerprint density at radius 1 is 1.00 bits per heavy atom. The molecule has 10 nitrogen and oxygen atoms in total. The number of rotatable bonds is 7. The number of primary sulfonamides is 1. The lowest BCUT2D eigenvalue weighted by Crippen LogP contribution is -2.26. The standard InChI is InChI=1S/C20H18N4O6S/c21-31(28,29)16-8-6-15(7-9-16)22-18(25)13-30-20(27)17-10-11-19(26)24(23-17)12-14-4-2-1-3-5-14/h1-11H,12-13H2,(H,22,25)(H2,21,28,29). The number of aromatic nitrogens is 2. The minimum atomic E-state index is -3.84. The number of sulfonamides is 1. The fraction of sp³-hybridized carbons (Fsp3) is 0.100. The predicted octanol–water partition coefficient (Wildman–Crippen LogP) is 0.734. The number of hydrogen-bond acceptors (Lipinski definition) is 7. The molecule has 0 saturated heterocycles. The second-order valence-corrected chi connectivity index (χ2v) is 7.96. The maximum absolute atomic E-state index is 12.2. The molecule has 1 aromatic heterocycles. The summed E-state index contributed by atoms with van der Waals surface area (Å²) in [4.78, 5) is 36.1. The van der Waals surface area contributed by atoms with E-state index in [4.69, 9.17) is 9.88 Å². The zero-order valence-corrected chi connectivity index (χ0v) is 16.9. The highest BCUT2D eigenvalue weighted by Gasteiger charge is 2.14. The fourth-order valence-corrected chi connectivity index (χ4v) is 3.07. The molecule has 0 aliphatic heterocycles. The summed E-state index contributed by atoms with van der Waals surface area (Å²) < 4.78 is 28.5. The largest absolute Gasteiger partial charge is 0.451 e. The Bertz CT molecular complexity index is 1250. The molecular formula is C20H18N4O6S. The van der Waals surface area contributed by atoms with Crippen molar-refractivity contribution in [3.05, 3.63) is 88.3 Å². The smallest absolute Gasteiger partial charge is 0.359 e. The van der Waals surface area contributed by atoms with Crippen molar-refractivity contribution < 1.29 is 22.7 Å². The van der Waals surface area contributed by atoms with Crippen LogP contribution in [-0.2, 0) is 26.1 Å². The van der Waals surface area contributed by atoms with E-state index in [1.807, 2.05) is 30.3 Å². The molecule has 3 aromatic rings. The molecule has 3 rings (SSSR count). The van der Waals surface area contributed by atoms with Gasteiger partial charge < -0.3 is 10.1 Å². The number of nitrogens with one attached hydrogen (secondary N) is 1. The molecular weight excluding hydrogens is 424 g/mol. The molecule has 31 heavy (non-hydrogen) atoms. The van der Waals surface area contributed by atoms with Gasteiger partial charge in [-0.1, -0.05) is 30.3 Å². The van der Waals surface area contributed by atoms with Crippen molar-refractivity contribution in [2.45, 2.75) is 11.4 Å². The first kappa shape index (κ1) is 21.9. The van der Waals surface area contributed by atoms with Gasteiger partial charge in [-0.3, -0.25) is 9.59 Å². The second-order valence-electron chi connectivity index (χ2n) is 6.39. The molecule has 0 radical (unpaired) electrons. The average molecular weight is 442 g/mol. The van der Waals surface area contributed by atoms with E-state index in [1.165, 1.54) is 36.4 Å². The fourth-order valence-electron chi connectivity index (χ4n) is 2.56. The zero-order chi connectivity index (χ0) is 22.4. The molecule has 0 unspecified atom stereocenters. The number of amides is 1. The van der Waals surface area contributed by atoms with Gasteiger partial charge in [-0.25, -0.2) is 23.0 Å². The van der Waals surface area contributed by atoms with Gasteiger partial charge in [0.15, 0.2) is 12.3 Å². The molecule has 0 bridgehead atoms. The summed E-state index contributed by atoms with van der Waals surface area (Å²) in [5.41, 5.74) is 0.611. The Labute approximate surface area is 177 Å². The van der Waals surface area contributed by atoms with Gasteiger partial charge in [0.05, 0.1) is 11.4 Å². The molecule has 1 heterocycles. The molecule has 0 spiro atoms. The van der Waals surface area contributed by atoms with Crippen LogP contribution in [-0.4, -0.2) is 36.7 Å². The number of carbonyl (C=O) groups excluding carboxylic acids is 2. The van der Waals surface area contributed by atoms with Crippen molar-refractivity contribution in [1.82, 2.24) is 9.78 Å². The van der Waals surface area contributed by atoms with Crippen molar-refractivity contribution in [3.8, 4) is 0 Å². The van der Waals surface area contributed by atoms with Gasteiger partial charge in [0.25, 0.3) is 11.5 Å². The minimum Gasteiger partial charge on any atom is -0.451 e. The van der Waals surface area contributed by atoms with Crippen molar-refractivity contribution >= 4 is 27.6 Å². The molecule has 0 atom stereocenters. The van der Waals surface area contributed by atoms with Gasteiger partial charge in [0.2, 0.25) is 10.0 Å². The molecule has 11 heteroatoms. The third kappa shape index (κ3) is 6.07. The SMILES string of the molecule is NS(=O)(=O)c1ccc(NC(=O)COC(=O)c2ccc(=O)n(Cc3ccccc3)n2)cc1. The molecule has 1 amide bonds. The maximum atomic E-state index is 12.2. The van der Waals surface area contributed by atoms with Crippen LogP contribution in [0.3, 0.4) is 0 Å². The van der Waals surface area contributed by atoms with Crippen LogP contribution >= 0.6 is 0 Å². The van der Waals surface area contributed by atoms with Crippen molar-refractivity contribution in [1.29, 1.82) is 0 Å².